The van der Waals surface area contributed by atoms with Crippen LogP contribution >= 0.6 is 11.3 Å². The Morgan fingerprint density at radius 1 is 1.41 bits per heavy atom. The number of fused-ring (bicyclic) bond motifs is 1. The lowest BCUT2D eigenvalue weighted by molar-refractivity contribution is -0.134. The molecular formula is C19H15N3O4S. The van der Waals surface area contributed by atoms with Crippen LogP contribution in [-0.2, 0) is 20.9 Å². The third-order valence-corrected chi connectivity index (χ3v) is 5.04. The van der Waals surface area contributed by atoms with E-state index in [4.69, 9.17) is 4.74 Å². The topological polar surface area (TPSA) is 95.5 Å². The number of carboxylic acid groups (broad SMARTS) is 1. The van der Waals surface area contributed by atoms with Gasteiger partial charge in [-0.1, -0.05) is 6.07 Å². The van der Waals surface area contributed by atoms with Gasteiger partial charge < -0.3 is 19.7 Å². The first kappa shape index (κ1) is 17.0. The number of pyridine rings is 1. The number of carboxylic acids is 1. The molecule has 0 aromatic carbocycles. The zero-order valence-corrected chi connectivity index (χ0v) is 15.1. The lowest BCUT2D eigenvalue weighted by atomic mass is 10.1. The molecule has 2 N–H and O–H groups in total. The van der Waals surface area contributed by atoms with Gasteiger partial charge in [0.05, 0.1) is 6.54 Å². The summed E-state index contributed by atoms with van der Waals surface area (Å²) in [6.45, 7) is 0.446. The van der Waals surface area contributed by atoms with Gasteiger partial charge in [-0.25, -0.2) is 9.78 Å². The smallest absolute Gasteiger partial charge is 0.345 e. The Balaban J connectivity index is 1.68. The number of Topliss-reactive ketones (excluding diaryl/α,β-unsaturated/α-hetero) is 1. The normalized spacial score (nSPS) is 15.6. The molecule has 0 atom stereocenters. The largest absolute Gasteiger partial charge is 0.477 e. The number of carbonyl (C=O) groups excluding carboxylic acids is 1. The maximum absolute atomic E-state index is 12.6. The summed E-state index contributed by atoms with van der Waals surface area (Å²) in [4.78, 5) is 34.2. The standard InChI is InChI=1S/C19H15N3O4S/c1-22(10-12-4-3-7-27-12)18-15(19(24)25)16(23)14(26-18)8-11-9-21-17-13(11)5-2-6-20-17/h2-9H,10H2,1H3,(H,20,21)(H,24,25). The fourth-order valence-electron chi connectivity index (χ4n) is 2.92. The lowest BCUT2D eigenvalue weighted by Crippen LogP contribution is -2.20. The molecule has 136 valence electrons. The quantitative estimate of drug-likeness (QED) is 0.521. The molecule has 0 fully saturated rings. The lowest BCUT2D eigenvalue weighted by Gasteiger charge is -2.19. The molecule has 3 aromatic heterocycles. The average molecular weight is 381 g/mol. The highest BCUT2D eigenvalue weighted by molar-refractivity contribution is 7.09. The van der Waals surface area contributed by atoms with Gasteiger partial charge in [0.15, 0.2) is 11.3 Å². The second-order valence-electron chi connectivity index (χ2n) is 6.00. The number of aromatic nitrogens is 2. The van der Waals surface area contributed by atoms with E-state index in [-0.39, 0.29) is 17.2 Å². The molecule has 0 radical (unpaired) electrons. The van der Waals surface area contributed by atoms with Crippen LogP contribution in [0.15, 0.2) is 59.3 Å². The van der Waals surface area contributed by atoms with Gasteiger partial charge in [-0.15, -0.1) is 11.3 Å². The van der Waals surface area contributed by atoms with Crippen molar-refractivity contribution in [2.75, 3.05) is 7.05 Å². The zero-order chi connectivity index (χ0) is 19.0. The molecule has 8 heteroatoms. The first-order valence-electron chi connectivity index (χ1n) is 8.12. The molecule has 1 aliphatic heterocycles. The van der Waals surface area contributed by atoms with E-state index in [0.717, 1.165) is 10.3 Å². The molecule has 4 heterocycles. The minimum Gasteiger partial charge on any atom is -0.477 e. The number of hydrogen-bond acceptors (Lipinski definition) is 6. The SMILES string of the molecule is CN(Cc1cccs1)C1=C(C(=O)O)C(=O)C(=Cc2c[nH]c3ncccc23)O1. The molecule has 7 nitrogen and oxygen atoms in total. The predicted octanol–water partition coefficient (Wildman–Crippen LogP) is 2.99. The highest BCUT2D eigenvalue weighted by atomic mass is 32.1. The van der Waals surface area contributed by atoms with Crippen LogP contribution in [0.5, 0.6) is 0 Å². The van der Waals surface area contributed by atoms with Gasteiger partial charge in [-0.05, 0) is 29.7 Å². The van der Waals surface area contributed by atoms with Crippen LogP contribution in [0.1, 0.15) is 10.4 Å². The Bertz CT molecular complexity index is 1100. The number of ketones is 1. The van der Waals surface area contributed by atoms with Gasteiger partial charge in [0.25, 0.3) is 0 Å². The summed E-state index contributed by atoms with van der Waals surface area (Å²) < 4.78 is 5.69. The van der Waals surface area contributed by atoms with Crippen LogP contribution in [0.4, 0.5) is 0 Å². The average Bonchev–Trinajstić information content (AvgIpc) is 3.36. The molecule has 4 rings (SSSR count). The van der Waals surface area contributed by atoms with Crippen molar-refractivity contribution in [2.45, 2.75) is 6.54 Å². The van der Waals surface area contributed by atoms with Crippen molar-refractivity contribution < 1.29 is 19.4 Å². The molecule has 3 aromatic rings. The fourth-order valence-corrected chi connectivity index (χ4v) is 3.68. The summed E-state index contributed by atoms with van der Waals surface area (Å²) in [6.07, 6.45) is 4.90. The van der Waals surface area contributed by atoms with Crippen molar-refractivity contribution in [3.63, 3.8) is 0 Å². The highest BCUT2D eigenvalue weighted by Gasteiger charge is 2.37. The van der Waals surface area contributed by atoms with Gasteiger partial charge in [0, 0.05) is 35.3 Å². The number of thiophene rings is 1. The highest BCUT2D eigenvalue weighted by Crippen LogP contribution is 2.31. The van der Waals surface area contributed by atoms with E-state index in [1.54, 1.807) is 41.7 Å². The number of hydrogen-bond donors (Lipinski definition) is 2. The Hall–Kier alpha value is -3.39. The molecule has 27 heavy (non-hydrogen) atoms. The van der Waals surface area contributed by atoms with Crippen LogP contribution < -0.4 is 0 Å². The summed E-state index contributed by atoms with van der Waals surface area (Å²) in [5.74, 6) is -1.93. The second-order valence-corrected chi connectivity index (χ2v) is 7.04. The molecule has 0 unspecified atom stereocenters. The molecule has 0 spiro atoms. The number of ether oxygens (including phenoxy) is 1. The van der Waals surface area contributed by atoms with Gasteiger partial charge in [-0.3, -0.25) is 4.79 Å². The van der Waals surface area contributed by atoms with Gasteiger partial charge in [0.1, 0.15) is 5.65 Å². The number of allylic oxidation sites excluding steroid dienone is 1. The number of aliphatic carboxylic acids is 1. The van der Waals surface area contributed by atoms with Crippen LogP contribution in [0.25, 0.3) is 17.1 Å². The van der Waals surface area contributed by atoms with Gasteiger partial charge >= 0.3 is 5.97 Å². The van der Waals surface area contributed by atoms with Crippen LogP contribution in [0.2, 0.25) is 0 Å². The molecule has 0 saturated carbocycles. The van der Waals surface area contributed by atoms with E-state index in [2.05, 4.69) is 9.97 Å². The summed E-state index contributed by atoms with van der Waals surface area (Å²) in [5, 5.41) is 12.3. The summed E-state index contributed by atoms with van der Waals surface area (Å²) in [5.41, 5.74) is 1.02. The summed E-state index contributed by atoms with van der Waals surface area (Å²) >= 11 is 1.55. The summed E-state index contributed by atoms with van der Waals surface area (Å²) in [6, 6.07) is 7.50. The molecule has 0 amide bonds. The van der Waals surface area contributed by atoms with Gasteiger partial charge in [0.2, 0.25) is 11.7 Å². The van der Waals surface area contributed by atoms with Gasteiger partial charge in [-0.2, -0.15) is 0 Å². The third kappa shape index (κ3) is 3.11. The van der Waals surface area contributed by atoms with Crippen molar-refractivity contribution in [1.29, 1.82) is 0 Å². The number of H-pyrrole nitrogens is 1. The maximum atomic E-state index is 12.6. The minimum atomic E-state index is -1.31. The molecule has 0 bridgehead atoms. The third-order valence-electron chi connectivity index (χ3n) is 4.17. The molecular weight excluding hydrogens is 366 g/mol. The zero-order valence-electron chi connectivity index (χ0n) is 14.3. The Morgan fingerprint density at radius 3 is 3.00 bits per heavy atom. The van der Waals surface area contributed by atoms with Crippen LogP contribution in [-0.4, -0.2) is 38.8 Å². The van der Waals surface area contributed by atoms with E-state index in [1.807, 2.05) is 23.6 Å². The number of carbonyl (C=O) groups is 2. The first-order valence-corrected chi connectivity index (χ1v) is 9.00. The maximum Gasteiger partial charge on any atom is 0.345 e. The van der Waals surface area contributed by atoms with E-state index in [0.29, 0.717) is 17.8 Å². The van der Waals surface area contributed by atoms with E-state index < -0.39 is 11.8 Å². The van der Waals surface area contributed by atoms with E-state index in [1.165, 1.54) is 6.08 Å². The minimum absolute atomic E-state index is 0.0230. The second kappa shape index (κ2) is 6.73. The molecule has 0 aliphatic carbocycles. The van der Waals surface area contributed by atoms with Crippen molar-refractivity contribution in [1.82, 2.24) is 14.9 Å². The Labute approximate surface area is 158 Å². The van der Waals surface area contributed by atoms with E-state index >= 15 is 0 Å². The molecule has 1 aliphatic rings. The monoisotopic (exact) mass is 381 g/mol. The van der Waals surface area contributed by atoms with Crippen LogP contribution in [0.3, 0.4) is 0 Å². The summed E-state index contributed by atoms with van der Waals surface area (Å²) in [7, 11) is 1.70. The Morgan fingerprint density at radius 2 is 2.26 bits per heavy atom. The number of rotatable bonds is 5. The van der Waals surface area contributed by atoms with Crippen LogP contribution in [0, 0.1) is 0 Å². The number of aromatic amines is 1. The number of nitrogens with one attached hydrogen (secondary N) is 1. The van der Waals surface area contributed by atoms with Crippen molar-refractivity contribution >= 4 is 40.2 Å². The van der Waals surface area contributed by atoms with Crippen molar-refractivity contribution in [3.05, 3.63) is 69.7 Å². The first-order chi connectivity index (χ1) is 13.0. The fraction of sp³-hybridized carbons (Fsp3) is 0.105. The van der Waals surface area contributed by atoms with Crippen molar-refractivity contribution in [3.8, 4) is 0 Å². The van der Waals surface area contributed by atoms with E-state index in [9.17, 15) is 14.7 Å². The van der Waals surface area contributed by atoms with Crippen molar-refractivity contribution in [2.24, 2.45) is 0 Å². The molecule has 0 saturated heterocycles. The Kier molecular flexibility index (Phi) is 4.25. The number of nitrogens with zero attached hydrogens (tertiary/aromatic N) is 2. The predicted molar refractivity (Wildman–Crippen MR) is 101 cm³/mol.